The maximum atomic E-state index is 8.82. The largest absolute Gasteiger partial charge is 0.508 e. The van der Waals surface area contributed by atoms with E-state index in [-0.39, 0.29) is 44.1 Å². The van der Waals surface area contributed by atoms with Crippen molar-refractivity contribution >= 4 is 6.08 Å². The van der Waals surface area contributed by atoms with Crippen LogP contribution in [0.25, 0.3) is 6.08 Å². The van der Waals surface area contributed by atoms with Crippen molar-refractivity contribution < 1.29 is 49.2 Å². The summed E-state index contributed by atoms with van der Waals surface area (Å²) in [5.74, 6) is 0.292. The van der Waals surface area contributed by atoms with Crippen molar-refractivity contribution in [2.45, 2.75) is 0 Å². The predicted octanol–water partition coefficient (Wildman–Crippen LogP) is 2.04. The molecule has 1 N–H and O–H groups in total. The van der Waals surface area contributed by atoms with Gasteiger partial charge in [-0.05, 0) is 17.7 Å². The minimum absolute atomic E-state index is 0. The first-order chi connectivity index (χ1) is 4.33. The average molecular weight is 347 g/mol. The molecule has 1 rings (SSSR count). The molecule has 10 heavy (non-hydrogen) atoms. The first kappa shape index (κ1) is 10.2. The quantitative estimate of drug-likeness (QED) is 0.825. The van der Waals surface area contributed by atoms with Gasteiger partial charge in [-0.3, -0.25) is 0 Å². The molecular weight excluding hydrogens is 339 g/mol. The summed E-state index contributed by atoms with van der Waals surface area (Å²) in [5.41, 5.74) is 1.02. The molecule has 0 aliphatic heterocycles. The number of phenols is 1. The minimum atomic E-state index is 0. The van der Waals surface area contributed by atoms with Crippen LogP contribution in [0.3, 0.4) is 0 Å². The van der Waals surface area contributed by atoms with Crippen molar-refractivity contribution in [1.82, 2.24) is 0 Å². The van der Waals surface area contributed by atoms with Gasteiger partial charge in [-0.25, -0.2) is 0 Å². The molecule has 1 nitrogen and oxygen atoms in total. The van der Waals surface area contributed by atoms with Crippen LogP contribution in [-0.2, 0) is 0 Å². The Balaban J connectivity index is 0.000000810. The molecule has 0 heterocycles. The Kier molecular flexibility index (Phi) is 5.03. The normalized spacial score (nSPS) is 8.00. The van der Waals surface area contributed by atoms with Crippen LogP contribution in [0, 0.1) is 44.1 Å². The van der Waals surface area contributed by atoms with Crippen LogP contribution in [0.4, 0.5) is 0 Å². The van der Waals surface area contributed by atoms with E-state index in [1.807, 2.05) is 12.1 Å². The molecule has 0 amide bonds. The number of hydrogen-bond donors (Lipinski definition) is 1. The number of rotatable bonds is 1. The van der Waals surface area contributed by atoms with E-state index in [1.54, 1.807) is 18.2 Å². The first-order valence-corrected chi connectivity index (χ1v) is 2.74. The topological polar surface area (TPSA) is 20.2 Å². The number of aromatic hydroxyl groups is 1. The van der Waals surface area contributed by atoms with Gasteiger partial charge in [0.15, 0.2) is 0 Å². The fraction of sp³-hybridized carbons (Fsp3) is 0. The molecule has 0 saturated heterocycles. The van der Waals surface area contributed by atoms with Crippen molar-refractivity contribution in [2.75, 3.05) is 0 Å². The molecule has 0 aliphatic carbocycles. The van der Waals surface area contributed by atoms with Crippen LogP contribution in [0.5, 0.6) is 5.75 Å². The fourth-order valence-corrected chi connectivity index (χ4v) is 0.610. The summed E-state index contributed by atoms with van der Waals surface area (Å²) in [7, 11) is 0. The van der Waals surface area contributed by atoms with E-state index in [1.165, 1.54) is 0 Å². The molecular formula is C8H8AcO. The third kappa shape index (κ3) is 2.86. The summed E-state index contributed by atoms with van der Waals surface area (Å²) in [6.07, 6.45) is 1.74. The van der Waals surface area contributed by atoms with Gasteiger partial charge in [0.2, 0.25) is 0 Å². The van der Waals surface area contributed by atoms with Crippen LogP contribution in [0.1, 0.15) is 5.56 Å². The summed E-state index contributed by atoms with van der Waals surface area (Å²) >= 11 is 0. The van der Waals surface area contributed by atoms with Gasteiger partial charge in [-0.15, -0.1) is 0 Å². The SMILES string of the molecule is C=Cc1ccc(O)cc1.[Ac]. The molecule has 49 valence electrons. The van der Waals surface area contributed by atoms with Crippen LogP contribution >= 0.6 is 0 Å². The molecule has 0 atom stereocenters. The van der Waals surface area contributed by atoms with Gasteiger partial charge in [-0.1, -0.05) is 24.8 Å². The molecule has 0 saturated carbocycles. The Bertz CT molecular complexity index is 203. The maximum Gasteiger partial charge on any atom is 0.115 e. The van der Waals surface area contributed by atoms with Gasteiger partial charge in [0.1, 0.15) is 5.75 Å². The summed E-state index contributed by atoms with van der Waals surface area (Å²) in [4.78, 5) is 0. The second-order valence-corrected chi connectivity index (χ2v) is 1.80. The minimum Gasteiger partial charge on any atom is -0.508 e. The third-order valence-corrected chi connectivity index (χ3v) is 1.13. The molecule has 1 aromatic rings. The zero-order valence-corrected chi connectivity index (χ0v) is 10.4. The molecule has 1 radical (unpaired) electrons. The maximum absolute atomic E-state index is 8.82. The van der Waals surface area contributed by atoms with Crippen molar-refractivity contribution in [3.05, 3.63) is 36.4 Å². The van der Waals surface area contributed by atoms with Gasteiger partial charge < -0.3 is 5.11 Å². The Labute approximate surface area is 96.3 Å². The van der Waals surface area contributed by atoms with E-state index in [0.29, 0.717) is 5.75 Å². The van der Waals surface area contributed by atoms with Crippen LogP contribution < -0.4 is 0 Å². The number of benzene rings is 1. The molecule has 1 aromatic carbocycles. The van der Waals surface area contributed by atoms with Gasteiger partial charge >= 0.3 is 0 Å². The Morgan fingerprint density at radius 2 is 1.70 bits per heavy atom. The van der Waals surface area contributed by atoms with E-state index < -0.39 is 0 Å². The van der Waals surface area contributed by atoms with Crippen LogP contribution in [-0.4, -0.2) is 5.11 Å². The first-order valence-electron chi connectivity index (χ1n) is 2.74. The van der Waals surface area contributed by atoms with Crippen LogP contribution in [0.15, 0.2) is 30.8 Å². The standard InChI is InChI=1S/C8H8O.Ac/c1-2-7-3-5-8(9)6-4-7;/h2-6,9H,1H2;. The molecule has 0 aliphatic rings. The zero-order chi connectivity index (χ0) is 6.69. The monoisotopic (exact) mass is 347 g/mol. The van der Waals surface area contributed by atoms with Crippen molar-refractivity contribution in [1.29, 1.82) is 0 Å². The van der Waals surface area contributed by atoms with Gasteiger partial charge in [0, 0.05) is 44.1 Å². The Morgan fingerprint density at radius 1 is 1.20 bits per heavy atom. The van der Waals surface area contributed by atoms with E-state index in [4.69, 9.17) is 5.11 Å². The van der Waals surface area contributed by atoms with Gasteiger partial charge in [0.25, 0.3) is 0 Å². The van der Waals surface area contributed by atoms with Gasteiger partial charge in [-0.2, -0.15) is 0 Å². The second kappa shape index (κ2) is 4.93. The smallest absolute Gasteiger partial charge is 0.115 e. The zero-order valence-electron chi connectivity index (χ0n) is 5.62. The van der Waals surface area contributed by atoms with E-state index in [9.17, 15) is 0 Å². The molecule has 0 bridgehead atoms. The molecule has 2 heteroatoms. The number of hydrogen-bond acceptors (Lipinski definition) is 1. The average Bonchev–Trinajstić information content (AvgIpc) is 1.90. The predicted molar refractivity (Wildman–Crippen MR) is 38.2 cm³/mol. The Morgan fingerprint density at radius 3 is 2.10 bits per heavy atom. The fourth-order valence-electron chi connectivity index (χ4n) is 0.610. The molecule has 0 unspecified atom stereocenters. The molecule has 0 aromatic heterocycles. The van der Waals surface area contributed by atoms with Crippen LogP contribution in [0.2, 0.25) is 0 Å². The van der Waals surface area contributed by atoms with Crippen molar-refractivity contribution in [3.8, 4) is 5.75 Å². The van der Waals surface area contributed by atoms with E-state index in [2.05, 4.69) is 6.58 Å². The number of phenolic OH excluding ortho intramolecular Hbond substituents is 1. The van der Waals surface area contributed by atoms with Gasteiger partial charge in [0.05, 0.1) is 0 Å². The van der Waals surface area contributed by atoms with E-state index in [0.717, 1.165) is 5.56 Å². The summed E-state index contributed by atoms with van der Waals surface area (Å²) < 4.78 is 0. The summed E-state index contributed by atoms with van der Waals surface area (Å²) in [6.45, 7) is 3.58. The third-order valence-electron chi connectivity index (χ3n) is 1.13. The molecule has 0 spiro atoms. The second-order valence-electron chi connectivity index (χ2n) is 1.80. The van der Waals surface area contributed by atoms with Crippen molar-refractivity contribution in [2.24, 2.45) is 0 Å². The molecule has 0 fully saturated rings. The van der Waals surface area contributed by atoms with Crippen molar-refractivity contribution in [3.63, 3.8) is 0 Å². The Hall–Kier alpha value is 0.202. The van der Waals surface area contributed by atoms with E-state index >= 15 is 0 Å². The summed E-state index contributed by atoms with van der Waals surface area (Å²) in [6, 6.07) is 6.89. The summed E-state index contributed by atoms with van der Waals surface area (Å²) in [5, 5.41) is 8.82.